The van der Waals surface area contributed by atoms with Gasteiger partial charge in [0.2, 0.25) is 11.8 Å². The zero-order valence-corrected chi connectivity index (χ0v) is 20.2. The molecular weight excluding hydrogens is 448 g/mol. The summed E-state index contributed by atoms with van der Waals surface area (Å²) < 4.78 is 10.9. The second-order valence-corrected chi connectivity index (χ2v) is 8.94. The Morgan fingerprint density at radius 2 is 2.16 bits per heavy atom. The van der Waals surface area contributed by atoms with E-state index in [1.165, 1.54) is 23.6 Å². The third-order valence-electron chi connectivity index (χ3n) is 5.27. The van der Waals surface area contributed by atoms with E-state index in [0.717, 1.165) is 12.8 Å². The Kier molecular flexibility index (Phi) is 8.59. The van der Waals surface area contributed by atoms with Gasteiger partial charge in [0.25, 0.3) is 0 Å². The second-order valence-electron chi connectivity index (χ2n) is 7.53. The van der Waals surface area contributed by atoms with Crippen LogP contribution in [0.2, 0.25) is 5.02 Å². The highest BCUT2D eigenvalue weighted by Crippen LogP contribution is 2.36. The van der Waals surface area contributed by atoms with Gasteiger partial charge in [-0.3, -0.25) is 9.59 Å². The van der Waals surface area contributed by atoms with E-state index in [-0.39, 0.29) is 11.8 Å². The first kappa shape index (κ1) is 24.1. The SMILES string of the molecule is CCCC(NC(=O)C=Cc1cc(Cl)c(OC)c(OCC)c1)C(=O)N1CCc2sccc2C1. The van der Waals surface area contributed by atoms with Crippen LogP contribution in [0.25, 0.3) is 6.08 Å². The number of ether oxygens (including phenoxy) is 2. The smallest absolute Gasteiger partial charge is 0.245 e. The Balaban J connectivity index is 1.67. The summed E-state index contributed by atoms with van der Waals surface area (Å²) in [6, 6.07) is 4.99. The largest absolute Gasteiger partial charge is 0.491 e. The molecule has 32 heavy (non-hydrogen) atoms. The zero-order chi connectivity index (χ0) is 23.1. The van der Waals surface area contributed by atoms with Crippen molar-refractivity contribution in [2.75, 3.05) is 20.3 Å². The van der Waals surface area contributed by atoms with E-state index in [2.05, 4.69) is 16.8 Å². The highest BCUT2D eigenvalue weighted by molar-refractivity contribution is 7.10. The van der Waals surface area contributed by atoms with Crippen LogP contribution in [0.5, 0.6) is 11.5 Å². The first-order valence-electron chi connectivity index (χ1n) is 10.8. The molecule has 1 N–H and O–H groups in total. The van der Waals surface area contributed by atoms with Gasteiger partial charge in [-0.15, -0.1) is 11.3 Å². The van der Waals surface area contributed by atoms with Crippen molar-refractivity contribution in [2.45, 2.75) is 45.7 Å². The van der Waals surface area contributed by atoms with Crippen LogP contribution in [0, 0.1) is 0 Å². The topological polar surface area (TPSA) is 67.9 Å². The third-order valence-corrected chi connectivity index (χ3v) is 6.58. The summed E-state index contributed by atoms with van der Waals surface area (Å²) in [7, 11) is 1.53. The van der Waals surface area contributed by atoms with Gasteiger partial charge in [0.05, 0.1) is 18.7 Å². The lowest BCUT2D eigenvalue weighted by Crippen LogP contribution is -2.49. The van der Waals surface area contributed by atoms with E-state index in [4.69, 9.17) is 21.1 Å². The van der Waals surface area contributed by atoms with Crippen molar-refractivity contribution in [3.05, 3.63) is 50.7 Å². The number of benzene rings is 1. The molecule has 6 nitrogen and oxygen atoms in total. The van der Waals surface area contributed by atoms with Crippen molar-refractivity contribution >= 4 is 40.8 Å². The Labute approximate surface area is 198 Å². The van der Waals surface area contributed by atoms with Crippen molar-refractivity contribution < 1.29 is 19.1 Å². The molecule has 0 saturated carbocycles. The molecule has 2 amide bonds. The van der Waals surface area contributed by atoms with E-state index >= 15 is 0 Å². The van der Waals surface area contributed by atoms with Crippen LogP contribution in [0.4, 0.5) is 0 Å². The van der Waals surface area contributed by atoms with Crippen LogP contribution in [0.1, 0.15) is 42.7 Å². The van der Waals surface area contributed by atoms with Crippen LogP contribution in [-0.2, 0) is 22.6 Å². The molecule has 3 rings (SSSR count). The number of fused-ring (bicyclic) bond motifs is 1. The maximum Gasteiger partial charge on any atom is 0.245 e. The van der Waals surface area contributed by atoms with Gasteiger partial charge in [-0.2, -0.15) is 0 Å². The van der Waals surface area contributed by atoms with Crippen LogP contribution in [-0.4, -0.2) is 43.0 Å². The summed E-state index contributed by atoms with van der Waals surface area (Å²) in [5, 5.41) is 5.34. The average Bonchev–Trinajstić information content (AvgIpc) is 3.25. The standard InChI is InChI=1S/C24H29ClN2O4S/c1-4-6-19(24(29)27-11-9-21-17(15-27)10-12-32-21)26-22(28)8-7-16-13-18(25)23(30-3)20(14-16)31-5-2/h7-8,10,12-14,19H,4-6,9,11,15H2,1-3H3,(H,26,28). The lowest BCUT2D eigenvalue weighted by molar-refractivity contribution is -0.136. The molecule has 1 aromatic carbocycles. The number of amides is 2. The van der Waals surface area contributed by atoms with Crippen molar-refractivity contribution in [1.82, 2.24) is 10.2 Å². The quantitative estimate of drug-likeness (QED) is 0.533. The van der Waals surface area contributed by atoms with Crippen LogP contribution >= 0.6 is 22.9 Å². The number of carbonyl (C=O) groups excluding carboxylic acids is 2. The van der Waals surface area contributed by atoms with Crippen molar-refractivity contribution in [1.29, 1.82) is 0 Å². The predicted octanol–water partition coefficient (Wildman–Crippen LogP) is 4.69. The molecule has 1 aliphatic rings. The Hall–Kier alpha value is -2.51. The van der Waals surface area contributed by atoms with Crippen LogP contribution in [0.3, 0.4) is 0 Å². The highest BCUT2D eigenvalue weighted by Gasteiger charge is 2.28. The first-order valence-corrected chi connectivity index (χ1v) is 12.1. The minimum absolute atomic E-state index is 0.0310. The zero-order valence-electron chi connectivity index (χ0n) is 18.7. The lowest BCUT2D eigenvalue weighted by atomic mass is 10.1. The molecule has 0 saturated heterocycles. The van der Waals surface area contributed by atoms with Gasteiger partial charge in [-0.25, -0.2) is 0 Å². The molecule has 0 spiro atoms. The number of hydrogen-bond acceptors (Lipinski definition) is 5. The number of nitrogens with zero attached hydrogens (tertiary/aromatic N) is 1. The van der Waals surface area contributed by atoms with Crippen molar-refractivity contribution in [2.24, 2.45) is 0 Å². The molecule has 172 valence electrons. The first-order chi connectivity index (χ1) is 15.5. The van der Waals surface area contributed by atoms with Crippen molar-refractivity contribution in [3.8, 4) is 11.5 Å². The van der Waals surface area contributed by atoms with E-state index in [9.17, 15) is 9.59 Å². The number of nitrogens with one attached hydrogen (secondary N) is 1. The number of thiophene rings is 1. The fourth-order valence-electron chi connectivity index (χ4n) is 3.74. The Bertz CT molecular complexity index is 988. The molecule has 0 bridgehead atoms. The molecule has 1 aliphatic heterocycles. The maximum atomic E-state index is 13.1. The number of hydrogen-bond donors (Lipinski definition) is 1. The third kappa shape index (κ3) is 5.84. The Morgan fingerprint density at radius 3 is 2.88 bits per heavy atom. The van der Waals surface area contributed by atoms with Crippen LogP contribution < -0.4 is 14.8 Å². The number of carbonyl (C=O) groups is 2. The van der Waals surface area contributed by atoms with Gasteiger partial charge >= 0.3 is 0 Å². The number of rotatable bonds is 9. The molecule has 0 aliphatic carbocycles. The molecule has 1 unspecified atom stereocenters. The van der Waals surface area contributed by atoms with Gasteiger partial charge in [0.15, 0.2) is 11.5 Å². The molecule has 1 aromatic heterocycles. The molecule has 1 atom stereocenters. The van der Waals surface area contributed by atoms with Gasteiger partial charge in [-0.1, -0.05) is 24.9 Å². The summed E-state index contributed by atoms with van der Waals surface area (Å²) >= 11 is 8.01. The van der Waals surface area contributed by atoms with E-state index in [0.29, 0.717) is 48.2 Å². The molecular formula is C24H29ClN2O4S. The summed E-state index contributed by atoms with van der Waals surface area (Å²) in [5.41, 5.74) is 1.91. The highest BCUT2D eigenvalue weighted by atomic mass is 35.5. The minimum atomic E-state index is -0.546. The van der Waals surface area contributed by atoms with Crippen LogP contribution in [0.15, 0.2) is 29.7 Å². The van der Waals surface area contributed by atoms with E-state index < -0.39 is 6.04 Å². The van der Waals surface area contributed by atoms with Gasteiger partial charge in [0, 0.05) is 24.0 Å². The number of halogens is 1. The maximum absolute atomic E-state index is 13.1. The fourth-order valence-corrected chi connectivity index (χ4v) is 4.93. The lowest BCUT2D eigenvalue weighted by Gasteiger charge is -2.30. The molecule has 2 heterocycles. The summed E-state index contributed by atoms with van der Waals surface area (Å²) in [6.45, 7) is 5.63. The fraction of sp³-hybridized carbons (Fsp3) is 0.417. The second kappa shape index (κ2) is 11.4. The van der Waals surface area contributed by atoms with E-state index in [1.807, 2.05) is 18.7 Å². The van der Waals surface area contributed by atoms with E-state index in [1.54, 1.807) is 29.5 Å². The Morgan fingerprint density at radius 1 is 1.34 bits per heavy atom. The average molecular weight is 477 g/mol. The normalized spacial score (nSPS) is 14.2. The molecule has 2 aromatic rings. The van der Waals surface area contributed by atoms with Crippen molar-refractivity contribution in [3.63, 3.8) is 0 Å². The predicted molar refractivity (Wildman–Crippen MR) is 128 cm³/mol. The summed E-state index contributed by atoms with van der Waals surface area (Å²) in [5.74, 6) is 0.616. The monoisotopic (exact) mass is 476 g/mol. The molecule has 0 fully saturated rings. The minimum Gasteiger partial charge on any atom is -0.491 e. The molecule has 0 radical (unpaired) electrons. The van der Waals surface area contributed by atoms with Gasteiger partial charge < -0.3 is 19.7 Å². The summed E-state index contributed by atoms with van der Waals surface area (Å²) in [6.07, 6.45) is 5.32. The van der Waals surface area contributed by atoms with Gasteiger partial charge in [0.1, 0.15) is 6.04 Å². The summed E-state index contributed by atoms with van der Waals surface area (Å²) in [4.78, 5) is 28.9. The molecule has 8 heteroatoms. The number of methoxy groups -OCH3 is 1. The van der Waals surface area contributed by atoms with Gasteiger partial charge in [-0.05, 0) is 60.5 Å².